The van der Waals surface area contributed by atoms with Gasteiger partial charge in [-0.2, -0.15) is 0 Å². The Bertz CT molecular complexity index is 631. The molecule has 9 nitrogen and oxygen atoms in total. The molecule has 134 valence electrons. The molecule has 1 aliphatic rings. The first-order valence-corrected chi connectivity index (χ1v) is 7.67. The summed E-state index contributed by atoms with van der Waals surface area (Å²) in [5, 5.41) is 12.4. The predicted molar refractivity (Wildman–Crippen MR) is 82.4 cm³/mol. The summed E-state index contributed by atoms with van der Waals surface area (Å²) in [5.41, 5.74) is 0.821. The molecule has 0 saturated carbocycles. The second-order valence-electron chi connectivity index (χ2n) is 5.29. The van der Waals surface area contributed by atoms with Crippen molar-refractivity contribution in [1.29, 1.82) is 0 Å². The van der Waals surface area contributed by atoms with E-state index in [0.29, 0.717) is 5.06 Å². The maximum atomic E-state index is 11.6. The minimum Gasteiger partial charge on any atom is -0.445 e. The van der Waals surface area contributed by atoms with Crippen molar-refractivity contribution in [2.45, 2.75) is 32.0 Å². The Hall–Kier alpha value is -2.94. The largest absolute Gasteiger partial charge is 0.445 e. The van der Waals surface area contributed by atoms with Gasteiger partial charge in [-0.3, -0.25) is 9.59 Å². The fraction of sp³-hybridized carbons (Fsp3) is 0.375. The lowest BCUT2D eigenvalue weighted by Crippen LogP contribution is -2.38. The fourth-order valence-corrected chi connectivity index (χ4v) is 2.01. The molecule has 1 atom stereocenters. The molecule has 1 aliphatic heterocycles. The molecule has 1 heterocycles. The molecule has 2 N–H and O–H groups in total. The molecule has 1 fully saturated rings. The number of carbonyl (C=O) groups is 4. The molecule has 1 aromatic rings. The molecule has 0 spiro atoms. The van der Waals surface area contributed by atoms with Gasteiger partial charge in [0.25, 0.3) is 11.8 Å². The summed E-state index contributed by atoms with van der Waals surface area (Å²) < 4.78 is 4.96. The quantitative estimate of drug-likeness (QED) is 0.677. The van der Waals surface area contributed by atoms with Crippen LogP contribution in [0.25, 0.3) is 0 Å². The number of hydrogen-bond acceptors (Lipinski definition) is 7. The number of carbonyl (C=O) groups excluding carboxylic acids is 4. The first kappa shape index (κ1) is 18.4. The zero-order valence-electron chi connectivity index (χ0n) is 13.3. The normalized spacial score (nSPS) is 15.0. The van der Waals surface area contributed by atoms with E-state index in [1.165, 1.54) is 0 Å². The Morgan fingerprint density at radius 2 is 1.80 bits per heavy atom. The van der Waals surface area contributed by atoms with Gasteiger partial charge in [-0.25, -0.2) is 9.59 Å². The summed E-state index contributed by atoms with van der Waals surface area (Å²) in [6, 6.07) is 9.07. The number of rotatable bonds is 7. The van der Waals surface area contributed by atoms with Gasteiger partial charge in [-0.15, -0.1) is 5.06 Å². The SMILES string of the molecule is O=C(NCC[C@H](O)C(=O)ON1C(=O)CCC1=O)OCc1ccccc1. The minimum atomic E-state index is -1.59. The molecule has 0 bridgehead atoms. The Morgan fingerprint density at radius 1 is 1.16 bits per heavy atom. The number of nitrogens with zero attached hydrogens (tertiary/aromatic N) is 1. The number of amides is 3. The van der Waals surface area contributed by atoms with Crippen molar-refractivity contribution in [1.82, 2.24) is 10.4 Å². The molecule has 0 aromatic heterocycles. The van der Waals surface area contributed by atoms with E-state index < -0.39 is 30.0 Å². The first-order valence-electron chi connectivity index (χ1n) is 7.67. The van der Waals surface area contributed by atoms with Crippen LogP contribution in [0.5, 0.6) is 0 Å². The van der Waals surface area contributed by atoms with Crippen LogP contribution < -0.4 is 5.32 Å². The van der Waals surface area contributed by atoms with Crippen LogP contribution in [-0.2, 0) is 30.6 Å². The van der Waals surface area contributed by atoms with Crippen molar-refractivity contribution in [2.24, 2.45) is 0 Å². The van der Waals surface area contributed by atoms with Crippen molar-refractivity contribution in [3.63, 3.8) is 0 Å². The number of ether oxygens (including phenoxy) is 1. The van der Waals surface area contributed by atoms with E-state index in [9.17, 15) is 24.3 Å². The van der Waals surface area contributed by atoms with Crippen LogP contribution in [0, 0.1) is 0 Å². The van der Waals surface area contributed by atoms with Crippen molar-refractivity contribution in [3.05, 3.63) is 35.9 Å². The van der Waals surface area contributed by atoms with Crippen molar-refractivity contribution < 1.29 is 33.9 Å². The highest BCUT2D eigenvalue weighted by Crippen LogP contribution is 2.13. The molecule has 0 radical (unpaired) electrons. The summed E-state index contributed by atoms with van der Waals surface area (Å²) >= 11 is 0. The Balaban J connectivity index is 1.64. The number of aliphatic hydroxyl groups excluding tert-OH is 1. The summed E-state index contributed by atoms with van der Waals surface area (Å²) in [5.74, 6) is -2.40. The molecule has 3 amide bonds. The monoisotopic (exact) mass is 350 g/mol. The number of imide groups is 1. The third-order valence-electron chi connectivity index (χ3n) is 3.36. The minimum absolute atomic E-state index is 0.0307. The summed E-state index contributed by atoms with van der Waals surface area (Å²) in [6.45, 7) is 0.0439. The van der Waals surface area contributed by atoms with Crippen LogP contribution in [0.1, 0.15) is 24.8 Å². The average molecular weight is 350 g/mol. The maximum Gasteiger partial charge on any atom is 0.407 e. The van der Waals surface area contributed by atoms with Crippen molar-refractivity contribution in [3.8, 4) is 0 Å². The van der Waals surface area contributed by atoms with Crippen LogP contribution in [0.15, 0.2) is 30.3 Å². The second-order valence-corrected chi connectivity index (χ2v) is 5.29. The zero-order chi connectivity index (χ0) is 18.2. The number of alkyl carbamates (subject to hydrolysis) is 1. The molecule has 2 rings (SSSR count). The lowest BCUT2D eigenvalue weighted by Gasteiger charge is -2.15. The second kappa shape index (κ2) is 8.78. The number of hydrogen-bond donors (Lipinski definition) is 2. The van der Waals surface area contributed by atoms with Gasteiger partial charge in [0.2, 0.25) is 0 Å². The van der Waals surface area contributed by atoms with E-state index in [4.69, 9.17) is 4.74 Å². The van der Waals surface area contributed by atoms with Gasteiger partial charge in [0, 0.05) is 25.8 Å². The average Bonchev–Trinajstić information content (AvgIpc) is 2.92. The standard InChI is InChI=1S/C16H18N2O7/c19-12(15(22)25-18-13(20)6-7-14(18)21)8-9-17-16(23)24-10-11-4-2-1-3-5-11/h1-5,12,19H,6-10H2,(H,17,23)/t12-/m0/s1. The first-order chi connectivity index (χ1) is 12.0. The van der Waals surface area contributed by atoms with E-state index in [2.05, 4.69) is 10.2 Å². The molecule has 9 heteroatoms. The van der Waals surface area contributed by atoms with E-state index in [1.807, 2.05) is 18.2 Å². The third-order valence-corrected chi connectivity index (χ3v) is 3.36. The molecule has 1 aromatic carbocycles. The Morgan fingerprint density at radius 3 is 2.44 bits per heavy atom. The zero-order valence-corrected chi connectivity index (χ0v) is 13.3. The molecule has 0 unspecified atom stereocenters. The molecule has 1 saturated heterocycles. The third kappa shape index (κ3) is 5.57. The van der Waals surface area contributed by atoms with Gasteiger partial charge in [0.1, 0.15) is 6.61 Å². The number of hydroxylamine groups is 2. The highest BCUT2D eigenvalue weighted by atomic mass is 16.7. The van der Waals surface area contributed by atoms with Crippen molar-refractivity contribution >= 4 is 23.9 Å². The highest BCUT2D eigenvalue weighted by Gasteiger charge is 2.34. The summed E-state index contributed by atoms with van der Waals surface area (Å²) in [4.78, 5) is 50.3. The number of aliphatic hydroxyl groups is 1. The summed E-state index contributed by atoms with van der Waals surface area (Å²) in [6.07, 6.45) is -2.51. The van der Waals surface area contributed by atoms with Gasteiger partial charge < -0.3 is 20.0 Å². The van der Waals surface area contributed by atoms with E-state index >= 15 is 0 Å². The lowest BCUT2D eigenvalue weighted by atomic mass is 10.2. The van der Waals surface area contributed by atoms with Gasteiger partial charge in [0.05, 0.1) is 0 Å². The van der Waals surface area contributed by atoms with Crippen LogP contribution in [0.2, 0.25) is 0 Å². The van der Waals surface area contributed by atoms with Crippen LogP contribution >= 0.6 is 0 Å². The van der Waals surface area contributed by atoms with Crippen LogP contribution in [-0.4, -0.2) is 46.7 Å². The predicted octanol–water partition coefficient (Wildman–Crippen LogP) is 0.271. The van der Waals surface area contributed by atoms with Crippen LogP contribution in [0.3, 0.4) is 0 Å². The Labute approximate surface area is 143 Å². The maximum absolute atomic E-state index is 11.6. The molecule has 0 aliphatic carbocycles. The van der Waals surface area contributed by atoms with E-state index in [1.54, 1.807) is 12.1 Å². The Kier molecular flexibility index (Phi) is 6.47. The molecular weight excluding hydrogens is 332 g/mol. The number of benzene rings is 1. The van der Waals surface area contributed by atoms with Gasteiger partial charge in [-0.1, -0.05) is 30.3 Å². The molecular formula is C16H18N2O7. The molecule has 25 heavy (non-hydrogen) atoms. The van der Waals surface area contributed by atoms with E-state index in [-0.39, 0.29) is 32.4 Å². The topological polar surface area (TPSA) is 122 Å². The number of nitrogens with one attached hydrogen (secondary N) is 1. The van der Waals surface area contributed by atoms with Crippen LogP contribution in [0.4, 0.5) is 4.79 Å². The fourth-order valence-electron chi connectivity index (χ4n) is 2.01. The van der Waals surface area contributed by atoms with Gasteiger partial charge in [-0.05, 0) is 5.56 Å². The van der Waals surface area contributed by atoms with Gasteiger partial charge in [0.15, 0.2) is 6.10 Å². The summed E-state index contributed by atoms with van der Waals surface area (Å²) in [7, 11) is 0. The van der Waals surface area contributed by atoms with E-state index in [0.717, 1.165) is 5.56 Å². The highest BCUT2D eigenvalue weighted by molar-refractivity contribution is 6.01. The smallest absolute Gasteiger partial charge is 0.407 e. The lowest BCUT2D eigenvalue weighted by molar-refractivity contribution is -0.203. The van der Waals surface area contributed by atoms with Crippen molar-refractivity contribution in [2.75, 3.05) is 6.54 Å². The van der Waals surface area contributed by atoms with Gasteiger partial charge >= 0.3 is 12.1 Å².